The van der Waals surface area contributed by atoms with Gasteiger partial charge in [0.15, 0.2) is 0 Å². The Bertz CT molecular complexity index is 277. The molecule has 0 radical (unpaired) electrons. The first-order valence-corrected chi connectivity index (χ1v) is 6.13. The van der Waals surface area contributed by atoms with Crippen LogP contribution in [0.15, 0.2) is 18.3 Å². The zero-order valence-corrected chi connectivity index (χ0v) is 9.87. The maximum Gasteiger partial charge on any atom is 0.0361 e. The monoisotopic (exact) mass is 206 g/mol. The van der Waals surface area contributed by atoms with Crippen LogP contribution in [-0.2, 0) is 13.1 Å². The van der Waals surface area contributed by atoms with Crippen molar-refractivity contribution in [3.8, 4) is 0 Å². The lowest BCUT2D eigenvalue weighted by atomic mass is 10.1. The van der Waals surface area contributed by atoms with E-state index in [1.54, 1.807) is 0 Å². The van der Waals surface area contributed by atoms with E-state index >= 15 is 0 Å². The summed E-state index contributed by atoms with van der Waals surface area (Å²) in [5, 5.41) is 3.57. The first-order valence-electron chi connectivity index (χ1n) is 6.13. The lowest BCUT2D eigenvalue weighted by molar-refractivity contribution is 0.501. The van der Waals surface area contributed by atoms with E-state index in [2.05, 4.69) is 42.1 Å². The molecule has 1 heterocycles. The number of nitrogens with zero attached hydrogens (tertiary/aromatic N) is 1. The van der Waals surface area contributed by atoms with Crippen molar-refractivity contribution in [3.63, 3.8) is 0 Å². The summed E-state index contributed by atoms with van der Waals surface area (Å²) in [5.74, 6) is 0.789. The van der Waals surface area contributed by atoms with Gasteiger partial charge in [-0.3, -0.25) is 0 Å². The maximum absolute atomic E-state index is 3.57. The summed E-state index contributed by atoms with van der Waals surface area (Å²) >= 11 is 0. The molecule has 0 atom stereocenters. The highest BCUT2D eigenvalue weighted by molar-refractivity contribution is 5.07. The smallest absolute Gasteiger partial charge is 0.0361 e. The van der Waals surface area contributed by atoms with Crippen molar-refractivity contribution in [2.45, 2.75) is 52.2 Å². The minimum Gasteiger partial charge on any atom is -0.350 e. The van der Waals surface area contributed by atoms with E-state index in [0.717, 1.165) is 25.0 Å². The first-order chi connectivity index (χ1) is 7.25. The molecule has 15 heavy (non-hydrogen) atoms. The number of hydrogen-bond acceptors (Lipinski definition) is 1. The van der Waals surface area contributed by atoms with Gasteiger partial charge >= 0.3 is 0 Å². The van der Waals surface area contributed by atoms with Gasteiger partial charge in [-0.15, -0.1) is 0 Å². The summed E-state index contributed by atoms with van der Waals surface area (Å²) in [6, 6.07) is 5.19. The number of aryl methyl sites for hydroxylation is 1. The van der Waals surface area contributed by atoms with Crippen molar-refractivity contribution < 1.29 is 0 Å². The van der Waals surface area contributed by atoms with Crippen LogP contribution in [0.5, 0.6) is 0 Å². The normalized spacial score (nSPS) is 16.2. The van der Waals surface area contributed by atoms with Gasteiger partial charge in [0.05, 0.1) is 0 Å². The average molecular weight is 206 g/mol. The quantitative estimate of drug-likeness (QED) is 0.757. The Balaban J connectivity index is 1.83. The Kier molecular flexibility index (Phi) is 3.47. The van der Waals surface area contributed by atoms with Crippen molar-refractivity contribution >= 4 is 0 Å². The van der Waals surface area contributed by atoms with Crippen LogP contribution in [0, 0.1) is 5.92 Å². The molecule has 1 fully saturated rings. The Morgan fingerprint density at radius 1 is 1.47 bits per heavy atom. The fraction of sp³-hybridized carbons (Fsp3) is 0.692. The van der Waals surface area contributed by atoms with Gasteiger partial charge in [0, 0.05) is 31.0 Å². The molecule has 1 saturated carbocycles. The Morgan fingerprint density at radius 3 is 2.93 bits per heavy atom. The predicted octanol–water partition coefficient (Wildman–Crippen LogP) is 2.79. The molecule has 1 aromatic heterocycles. The number of rotatable bonds is 6. The van der Waals surface area contributed by atoms with Crippen LogP contribution in [0.25, 0.3) is 0 Å². The molecular formula is C13H22N2. The molecule has 0 aromatic carbocycles. The fourth-order valence-corrected chi connectivity index (χ4v) is 1.76. The van der Waals surface area contributed by atoms with Crippen LogP contribution in [0.1, 0.15) is 38.8 Å². The molecule has 2 nitrogen and oxygen atoms in total. The summed E-state index contributed by atoms with van der Waals surface area (Å²) in [6.45, 7) is 6.76. The van der Waals surface area contributed by atoms with Crippen LogP contribution in [-0.4, -0.2) is 10.6 Å². The Morgan fingerprint density at radius 2 is 2.27 bits per heavy atom. The number of hydrogen-bond donors (Lipinski definition) is 1. The first kappa shape index (κ1) is 10.7. The van der Waals surface area contributed by atoms with E-state index in [4.69, 9.17) is 0 Å². The second-order valence-corrected chi connectivity index (χ2v) is 5.03. The van der Waals surface area contributed by atoms with Gasteiger partial charge < -0.3 is 9.88 Å². The third-order valence-electron chi connectivity index (χ3n) is 3.02. The van der Waals surface area contributed by atoms with Crippen LogP contribution in [0.3, 0.4) is 0 Å². The van der Waals surface area contributed by atoms with Crippen molar-refractivity contribution in [1.29, 1.82) is 0 Å². The third kappa shape index (κ3) is 3.38. The summed E-state index contributed by atoms with van der Waals surface area (Å²) in [5.41, 5.74) is 1.43. The topological polar surface area (TPSA) is 17.0 Å². The number of aromatic nitrogens is 1. The van der Waals surface area contributed by atoms with Gasteiger partial charge in [0.25, 0.3) is 0 Å². The number of nitrogens with one attached hydrogen (secondary N) is 1. The molecule has 1 aliphatic rings. The van der Waals surface area contributed by atoms with E-state index in [9.17, 15) is 0 Å². The summed E-state index contributed by atoms with van der Waals surface area (Å²) in [7, 11) is 0. The zero-order chi connectivity index (χ0) is 10.7. The van der Waals surface area contributed by atoms with E-state index in [1.165, 1.54) is 25.0 Å². The molecule has 1 aromatic rings. The van der Waals surface area contributed by atoms with E-state index in [0.29, 0.717) is 0 Å². The summed E-state index contributed by atoms with van der Waals surface area (Å²) < 4.78 is 2.38. The van der Waals surface area contributed by atoms with Crippen LogP contribution < -0.4 is 5.32 Å². The lowest BCUT2D eigenvalue weighted by Gasteiger charge is -2.11. The zero-order valence-electron chi connectivity index (χ0n) is 9.87. The van der Waals surface area contributed by atoms with E-state index in [1.807, 2.05) is 0 Å². The molecule has 2 heteroatoms. The van der Waals surface area contributed by atoms with Crippen LogP contribution >= 0.6 is 0 Å². The molecule has 0 aliphatic heterocycles. The molecular weight excluding hydrogens is 184 g/mol. The van der Waals surface area contributed by atoms with Gasteiger partial charge in [0.2, 0.25) is 0 Å². The Hall–Kier alpha value is -0.760. The van der Waals surface area contributed by atoms with Gasteiger partial charge in [0.1, 0.15) is 0 Å². The molecule has 0 spiro atoms. The highest BCUT2D eigenvalue weighted by Crippen LogP contribution is 2.19. The SMILES string of the molecule is CC(C)CCn1cccc1CNC1CC1. The van der Waals surface area contributed by atoms with E-state index in [-0.39, 0.29) is 0 Å². The van der Waals surface area contributed by atoms with Gasteiger partial charge in [-0.25, -0.2) is 0 Å². The highest BCUT2D eigenvalue weighted by atomic mass is 15.0. The molecule has 0 saturated heterocycles. The summed E-state index contributed by atoms with van der Waals surface area (Å²) in [6.07, 6.45) is 6.21. The van der Waals surface area contributed by atoms with Crippen molar-refractivity contribution in [2.24, 2.45) is 5.92 Å². The molecule has 0 bridgehead atoms. The van der Waals surface area contributed by atoms with Crippen molar-refractivity contribution in [3.05, 3.63) is 24.0 Å². The van der Waals surface area contributed by atoms with Crippen molar-refractivity contribution in [2.75, 3.05) is 0 Å². The maximum atomic E-state index is 3.57. The van der Waals surface area contributed by atoms with Crippen LogP contribution in [0.4, 0.5) is 0 Å². The van der Waals surface area contributed by atoms with Gasteiger partial charge in [-0.05, 0) is 37.3 Å². The third-order valence-corrected chi connectivity index (χ3v) is 3.02. The van der Waals surface area contributed by atoms with Gasteiger partial charge in [-0.1, -0.05) is 13.8 Å². The second-order valence-electron chi connectivity index (χ2n) is 5.03. The largest absolute Gasteiger partial charge is 0.350 e. The molecule has 1 N–H and O–H groups in total. The minimum absolute atomic E-state index is 0.789. The molecule has 0 unspecified atom stereocenters. The molecule has 2 rings (SSSR count). The highest BCUT2D eigenvalue weighted by Gasteiger charge is 2.20. The lowest BCUT2D eigenvalue weighted by Crippen LogP contribution is -2.18. The van der Waals surface area contributed by atoms with Gasteiger partial charge in [-0.2, -0.15) is 0 Å². The second kappa shape index (κ2) is 4.84. The molecule has 0 amide bonds. The predicted molar refractivity (Wildman–Crippen MR) is 63.7 cm³/mol. The molecule has 1 aliphatic carbocycles. The van der Waals surface area contributed by atoms with E-state index < -0.39 is 0 Å². The average Bonchev–Trinajstić information content (AvgIpc) is 2.92. The van der Waals surface area contributed by atoms with Crippen molar-refractivity contribution in [1.82, 2.24) is 9.88 Å². The standard InChI is InChI=1S/C13H22N2/c1-11(2)7-9-15-8-3-4-13(15)10-14-12-5-6-12/h3-4,8,11-12,14H,5-7,9-10H2,1-2H3. The summed E-state index contributed by atoms with van der Waals surface area (Å²) in [4.78, 5) is 0. The minimum atomic E-state index is 0.789. The molecule has 84 valence electrons. The van der Waals surface area contributed by atoms with Crippen LogP contribution in [0.2, 0.25) is 0 Å². The fourth-order valence-electron chi connectivity index (χ4n) is 1.76. The Labute approximate surface area is 92.7 Å².